The molecule has 0 aliphatic rings. The van der Waals surface area contributed by atoms with Gasteiger partial charge in [0.15, 0.2) is 11.5 Å². The average Bonchev–Trinajstić information content (AvgIpc) is 2.40. The van der Waals surface area contributed by atoms with Crippen LogP contribution in [0, 0.1) is 0 Å². The normalized spacial score (nSPS) is 11.8. The molecule has 0 aliphatic heterocycles. The Hall–Kier alpha value is -1.18. The smallest absolute Gasteiger partial charge is 0.161 e. The van der Waals surface area contributed by atoms with Crippen molar-refractivity contribution >= 4 is 0 Å². The van der Waals surface area contributed by atoms with Crippen LogP contribution in [0.1, 0.15) is 77.3 Å². The van der Waals surface area contributed by atoms with E-state index in [9.17, 15) is 10.2 Å². The van der Waals surface area contributed by atoms with Gasteiger partial charge in [0.2, 0.25) is 0 Å². The van der Waals surface area contributed by atoms with Crippen molar-refractivity contribution in [2.24, 2.45) is 0 Å². The first-order valence-corrected chi connectivity index (χ1v) is 7.98. The number of aryl methyl sites for hydroxylation is 1. The Morgan fingerprint density at radius 3 is 2.20 bits per heavy atom. The molecule has 0 aromatic heterocycles. The van der Waals surface area contributed by atoms with E-state index in [1.165, 1.54) is 18.4 Å². The number of phenols is 2. The van der Waals surface area contributed by atoms with Gasteiger partial charge in [-0.3, -0.25) is 0 Å². The Kier molecular flexibility index (Phi) is 6.38. The van der Waals surface area contributed by atoms with Gasteiger partial charge in [-0.2, -0.15) is 0 Å². The van der Waals surface area contributed by atoms with Crippen LogP contribution in [0.5, 0.6) is 11.5 Å². The lowest BCUT2D eigenvalue weighted by Crippen LogP contribution is -2.19. The molecule has 0 fully saturated rings. The fourth-order valence-corrected chi connectivity index (χ4v) is 2.89. The zero-order valence-electron chi connectivity index (χ0n) is 13.5. The molecule has 0 saturated heterocycles. The molecule has 0 saturated carbocycles. The van der Waals surface area contributed by atoms with E-state index in [2.05, 4.69) is 27.7 Å². The average molecular weight is 278 g/mol. The molecule has 0 aliphatic carbocycles. The molecule has 1 rings (SSSR count). The molecule has 1 aromatic rings. The summed E-state index contributed by atoms with van der Waals surface area (Å²) in [4.78, 5) is 0. The van der Waals surface area contributed by atoms with Crippen molar-refractivity contribution in [1.82, 2.24) is 0 Å². The van der Waals surface area contributed by atoms with Crippen LogP contribution in [0.25, 0.3) is 0 Å². The minimum absolute atomic E-state index is 0.00353. The first-order chi connectivity index (χ1) is 9.44. The van der Waals surface area contributed by atoms with Gasteiger partial charge in [-0.15, -0.1) is 0 Å². The van der Waals surface area contributed by atoms with Crippen molar-refractivity contribution in [2.45, 2.75) is 78.1 Å². The van der Waals surface area contributed by atoms with Crippen molar-refractivity contribution in [3.05, 3.63) is 23.3 Å². The van der Waals surface area contributed by atoms with Crippen molar-refractivity contribution in [3.63, 3.8) is 0 Å². The largest absolute Gasteiger partial charge is 0.504 e. The van der Waals surface area contributed by atoms with E-state index in [1.54, 1.807) is 6.07 Å². The van der Waals surface area contributed by atoms with Gasteiger partial charge in [0.1, 0.15) is 0 Å². The fraction of sp³-hybridized carbons (Fsp3) is 0.667. The maximum atomic E-state index is 10.3. The van der Waals surface area contributed by atoms with E-state index >= 15 is 0 Å². The summed E-state index contributed by atoms with van der Waals surface area (Å²) in [5, 5.41) is 20.2. The molecule has 2 N–H and O–H groups in total. The highest BCUT2D eigenvalue weighted by Gasteiger charge is 2.27. The summed E-state index contributed by atoms with van der Waals surface area (Å²) in [6.07, 6.45) is 7.83. The summed E-state index contributed by atoms with van der Waals surface area (Å²) in [6, 6.07) is 3.59. The second kappa shape index (κ2) is 7.56. The van der Waals surface area contributed by atoms with Crippen molar-refractivity contribution in [3.8, 4) is 11.5 Å². The summed E-state index contributed by atoms with van der Waals surface area (Å²) in [6.45, 7) is 8.72. The summed E-state index contributed by atoms with van der Waals surface area (Å²) < 4.78 is 0. The highest BCUT2D eigenvalue weighted by molar-refractivity contribution is 5.52. The van der Waals surface area contributed by atoms with Gasteiger partial charge in [0.05, 0.1) is 0 Å². The van der Waals surface area contributed by atoms with Gasteiger partial charge < -0.3 is 10.2 Å². The van der Waals surface area contributed by atoms with Gasteiger partial charge in [0.25, 0.3) is 0 Å². The predicted octanol–water partition coefficient (Wildman–Crippen LogP) is 5.30. The maximum Gasteiger partial charge on any atom is 0.161 e. The highest BCUT2D eigenvalue weighted by atomic mass is 16.3. The summed E-state index contributed by atoms with van der Waals surface area (Å²) in [5.74, 6) is 0.0870. The minimum Gasteiger partial charge on any atom is -0.504 e. The van der Waals surface area contributed by atoms with E-state index in [-0.39, 0.29) is 16.9 Å². The summed E-state index contributed by atoms with van der Waals surface area (Å²) >= 11 is 0. The lowest BCUT2D eigenvalue weighted by atomic mass is 9.76. The van der Waals surface area contributed by atoms with Crippen molar-refractivity contribution in [2.75, 3.05) is 0 Å². The third-order valence-corrected chi connectivity index (χ3v) is 4.12. The quantitative estimate of drug-likeness (QED) is 0.500. The first kappa shape index (κ1) is 16.9. The third kappa shape index (κ3) is 4.16. The van der Waals surface area contributed by atoms with Crippen LogP contribution in [0.15, 0.2) is 12.1 Å². The molecule has 2 nitrogen and oxygen atoms in total. The Balaban J connectivity index is 3.08. The number of aromatic hydroxyl groups is 2. The fourth-order valence-electron chi connectivity index (χ4n) is 2.89. The molecular weight excluding hydrogens is 248 g/mol. The lowest BCUT2D eigenvalue weighted by molar-refractivity contribution is 0.371. The Morgan fingerprint density at radius 1 is 0.950 bits per heavy atom. The maximum absolute atomic E-state index is 10.3. The van der Waals surface area contributed by atoms with E-state index in [1.807, 2.05) is 6.07 Å². The van der Waals surface area contributed by atoms with Crippen LogP contribution in [-0.2, 0) is 11.8 Å². The zero-order valence-corrected chi connectivity index (χ0v) is 13.5. The molecule has 0 radical (unpaired) electrons. The number of rotatable bonds is 8. The number of hydrogen-bond donors (Lipinski definition) is 2. The van der Waals surface area contributed by atoms with Gasteiger partial charge in [-0.25, -0.2) is 0 Å². The summed E-state index contributed by atoms with van der Waals surface area (Å²) in [7, 11) is 0. The van der Waals surface area contributed by atoms with E-state index in [0.29, 0.717) is 0 Å². The highest BCUT2D eigenvalue weighted by Crippen LogP contribution is 2.42. The van der Waals surface area contributed by atoms with Crippen LogP contribution in [-0.4, -0.2) is 10.2 Å². The third-order valence-electron chi connectivity index (χ3n) is 4.12. The van der Waals surface area contributed by atoms with Crippen LogP contribution in [0.4, 0.5) is 0 Å². The van der Waals surface area contributed by atoms with E-state index < -0.39 is 0 Å². The van der Waals surface area contributed by atoms with Crippen LogP contribution < -0.4 is 0 Å². The van der Waals surface area contributed by atoms with Crippen LogP contribution in [0.3, 0.4) is 0 Å². The molecule has 0 atom stereocenters. The molecule has 2 heteroatoms. The first-order valence-electron chi connectivity index (χ1n) is 7.98. The monoisotopic (exact) mass is 278 g/mol. The molecule has 1 aromatic carbocycles. The molecule has 0 bridgehead atoms. The van der Waals surface area contributed by atoms with E-state index in [4.69, 9.17) is 0 Å². The van der Waals surface area contributed by atoms with Gasteiger partial charge in [0, 0.05) is 5.56 Å². The number of phenolic OH excluding ortho intramolecular Hbond substituents is 2. The second-order valence-electron chi connectivity index (χ2n) is 6.41. The Labute approximate surface area is 123 Å². The van der Waals surface area contributed by atoms with Gasteiger partial charge in [-0.1, -0.05) is 59.4 Å². The standard InChI is InChI=1S/C18H30O2/c1-5-7-9-13-18(3,4)16-14(10-8-6-2)11-12-15(19)17(16)20/h11-12,19-20H,5-10,13H2,1-4H3. The second-order valence-corrected chi connectivity index (χ2v) is 6.41. The molecule has 20 heavy (non-hydrogen) atoms. The van der Waals surface area contributed by atoms with Crippen molar-refractivity contribution < 1.29 is 10.2 Å². The number of hydrogen-bond acceptors (Lipinski definition) is 2. The molecule has 0 unspecified atom stereocenters. The van der Waals surface area contributed by atoms with Crippen LogP contribution >= 0.6 is 0 Å². The number of unbranched alkanes of at least 4 members (excludes halogenated alkanes) is 3. The Bertz CT molecular complexity index is 422. The molecule has 0 heterocycles. The molecule has 114 valence electrons. The molecule has 0 amide bonds. The van der Waals surface area contributed by atoms with E-state index in [0.717, 1.165) is 37.7 Å². The number of benzene rings is 1. The topological polar surface area (TPSA) is 40.5 Å². The van der Waals surface area contributed by atoms with Crippen LogP contribution in [0.2, 0.25) is 0 Å². The summed E-state index contributed by atoms with van der Waals surface area (Å²) in [5.41, 5.74) is 2.03. The predicted molar refractivity (Wildman–Crippen MR) is 85.6 cm³/mol. The molecular formula is C18H30O2. The Morgan fingerprint density at radius 2 is 1.60 bits per heavy atom. The zero-order chi connectivity index (χ0) is 15.2. The lowest BCUT2D eigenvalue weighted by Gasteiger charge is -2.29. The molecule has 0 spiro atoms. The minimum atomic E-state index is -0.0962. The van der Waals surface area contributed by atoms with Crippen molar-refractivity contribution in [1.29, 1.82) is 0 Å². The SMILES string of the molecule is CCCCCC(C)(C)c1c(CCCC)ccc(O)c1O. The van der Waals surface area contributed by atoms with Gasteiger partial charge in [-0.05, 0) is 36.3 Å². The van der Waals surface area contributed by atoms with Gasteiger partial charge >= 0.3 is 0 Å².